The molecule has 1 heterocycles. The number of thioether (sulfide) groups is 1. The highest BCUT2D eigenvalue weighted by atomic mass is 32.2. The number of hydrogen-bond donors (Lipinski definition) is 1. The molecule has 1 aliphatic heterocycles. The summed E-state index contributed by atoms with van der Waals surface area (Å²) in [5.74, 6) is 1.19. The van der Waals surface area contributed by atoms with Crippen molar-refractivity contribution in [2.45, 2.75) is 12.3 Å². The van der Waals surface area contributed by atoms with E-state index < -0.39 is 15.2 Å². The maximum Gasteiger partial charge on any atom is 0.322 e. The Morgan fingerprint density at radius 1 is 1.45 bits per heavy atom. The van der Waals surface area contributed by atoms with Crippen molar-refractivity contribution in [1.29, 1.82) is 0 Å². The highest BCUT2D eigenvalue weighted by molar-refractivity contribution is 8.00. The number of nitrogens with one attached hydrogen (secondary N) is 1. The standard InChI is InChI=1S/C13H18N2O3S2/c1-10-4-3-5-11(8-10)14-13(16)15-6-7-19-9-12(15)20(2,17)18/h3-5,8,12H,6-7,9H2,1-2H3,(H,14,16). The summed E-state index contributed by atoms with van der Waals surface area (Å²) in [6.07, 6.45) is 1.18. The summed E-state index contributed by atoms with van der Waals surface area (Å²) in [5.41, 5.74) is 1.72. The lowest BCUT2D eigenvalue weighted by atomic mass is 10.2. The average molecular weight is 314 g/mol. The highest BCUT2D eigenvalue weighted by Gasteiger charge is 2.34. The first-order valence-electron chi connectivity index (χ1n) is 6.29. The van der Waals surface area contributed by atoms with E-state index in [-0.39, 0.29) is 6.03 Å². The molecule has 1 aliphatic rings. The number of sulfone groups is 1. The summed E-state index contributed by atoms with van der Waals surface area (Å²) in [7, 11) is -3.28. The van der Waals surface area contributed by atoms with Gasteiger partial charge in [0.1, 0.15) is 5.37 Å². The molecule has 1 saturated heterocycles. The molecule has 20 heavy (non-hydrogen) atoms. The molecule has 2 rings (SSSR count). The van der Waals surface area contributed by atoms with Gasteiger partial charge in [0.15, 0.2) is 9.84 Å². The van der Waals surface area contributed by atoms with Gasteiger partial charge >= 0.3 is 6.03 Å². The van der Waals surface area contributed by atoms with Crippen molar-refractivity contribution in [2.75, 3.05) is 29.6 Å². The molecule has 1 aromatic rings. The van der Waals surface area contributed by atoms with Crippen molar-refractivity contribution in [3.8, 4) is 0 Å². The predicted octanol–water partition coefficient (Wildman–Crippen LogP) is 1.95. The Hall–Kier alpha value is -1.21. The monoisotopic (exact) mass is 314 g/mol. The van der Waals surface area contributed by atoms with Crippen LogP contribution in [-0.2, 0) is 9.84 Å². The lowest BCUT2D eigenvalue weighted by Crippen LogP contribution is -2.51. The van der Waals surface area contributed by atoms with Gasteiger partial charge in [0.2, 0.25) is 0 Å². The molecule has 5 nitrogen and oxygen atoms in total. The molecule has 0 aliphatic carbocycles. The minimum absolute atomic E-state index is 0.355. The third kappa shape index (κ3) is 3.67. The van der Waals surface area contributed by atoms with Gasteiger partial charge in [-0.1, -0.05) is 12.1 Å². The van der Waals surface area contributed by atoms with Crippen molar-refractivity contribution in [2.24, 2.45) is 0 Å². The Bertz CT molecular complexity index is 601. The SMILES string of the molecule is Cc1cccc(NC(=O)N2CCSCC2S(C)(=O)=O)c1. The fourth-order valence-electron chi connectivity index (χ4n) is 2.09. The zero-order valence-corrected chi connectivity index (χ0v) is 13.1. The second-order valence-corrected chi connectivity index (χ2v) is 8.21. The average Bonchev–Trinajstić information content (AvgIpc) is 2.37. The lowest BCUT2D eigenvalue weighted by Gasteiger charge is -2.33. The van der Waals surface area contributed by atoms with Crippen LogP contribution < -0.4 is 5.32 Å². The Kier molecular flexibility index (Phi) is 4.59. The van der Waals surface area contributed by atoms with Crippen molar-refractivity contribution in [3.63, 3.8) is 0 Å². The van der Waals surface area contributed by atoms with E-state index >= 15 is 0 Å². The molecule has 1 unspecified atom stereocenters. The van der Waals surface area contributed by atoms with E-state index in [1.165, 1.54) is 11.2 Å². The van der Waals surface area contributed by atoms with Crippen LogP contribution in [0.2, 0.25) is 0 Å². The van der Waals surface area contributed by atoms with Crippen LogP contribution >= 0.6 is 11.8 Å². The second kappa shape index (κ2) is 6.05. The predicted molar refractivity (Wildman–Crippen MR) is 82.9 cm³/mol. The molecule has 1 N–H and O–H groups in total. The minimum Gasteiger partial charge on any atom is -0.308 e. The molecule has 110 valence electrons. The zero-order chi connectivity index (χ0) is 14.8. The Morgan fingerprint density at radius 3 is 2.85 bits per heavy atom. The number of hydrogen-bond acceptors (Lipinski definition) is 4. The Labute approximate surface area is 123 Å². The smallest absolute Gasteiger partial charge is 0.308 e. The van der Waals surface area contributed by atoms with Gasteiger partial charge < -0.3 is 10.2 Å². The first kappa shape index (κ1) is 15.2. The number of amides is 2. The Morgan fingerprint density at radius 2 is 2.20 bits per heavy atom. The zero-order valence-electron chi connectivity index (χ0n) is 11.5. The van der Waals surface area contributed by atoms with Crippen LogP contribution in [0, 0.1) is 6.92 Å². The van der Waals surface area contributed by atoms with Crippen molar-refractivity contribution < 1.29 is 13.2 Å². The van der Waals surface area contributed by atoms with Gasteiger partial charge in [-0.15, -0.1) is 0 Å². The van der Waals surface area contributed by atoms with Gasteiger partial charge in [0, 0.05) is 30.0 Å². The van der Waals surface area contributed by atoms with Gasteiger partial charge in [-0.2, -0.15) is 11.8 Å². The molecular formula is C13H18N2O3S2. The maximum atomic E-state index is 12.3. The summed E-state index contributed by atoms with van der Waals surface area (Å²) in [6.45, 7) is 2.38. The van der Waals surface area contributed by atoms with Gasteiger partial charge in [0.05, 0.1) is 0 Å². The topological polar surface area (TPSA) is 66.5 Å². The van der Waals surface area contributed by atoms with Crippen LogP contribution in [0.15, 0.2) is 24.3 Å². The third-order valence-corrected chi connectivity index (χ3v) is 5.75. The van der Waals surface area contributed by atoms with E-state index in [4.69, 9.17) is 0 Å². The van der Waals surface area contributed by atoms with E-state index in [0.29, 0.717) is 18.0 Å². The van der Waals surface area contributed by atoms with Crippen LogP contribution in [0.1, 0.15) is 5.56 Å². The first-order chi connectivity index (χ1) is 9.38. The van der Waals surface area contributed by atoms with Crippen molar-refractivity contribution >= 4 is 33.3 Å². The number of urea groups is 1. The summed E-state index contributed by atoms with van der Waals surface area (Å²) in [5, 5.41) is 2.02. The fourth-order valence-corrected chi connectivity index (χ4v) is 4.90. The summed E-state index contributed by atoms with van der Waals surface area (Å²) < 4.78 is 23.5. The molecule has 0 bridgehead atoms. The molecule has 2 amide bonds. The number of rotatable bonds is 2. The molecule has 1 fully saturated rings. The van der Waals surface area contributed by atoms with E-state index in [0.717, 1.165) is 11.3 Å². The normalized spacial score (nSPS) is 19.7. The highest BCUT2D eigenvalue weighted by Crippen LogP contribution is 2.21. The molecule has 7 heteroatoms. The second-order valence-electron chi connectivity index (χ2n) is 4.85. The van der Waals surface area contributed by atoms with Crippen LogP contribution in [0.25, 0.3) is 0 Å². The molecule has 1 aromatic carbocycles. The van der Waals surface area contributed by atoms with Gasteiger partial charge in [-0.3, -0.25) is 0 Å². The first-order valence-corrected chi connectivity index (χ1v) is 9.40. The van der Waals surface area contributed by atoms with Gasteiger partial charge in [0.25, 0.3) is 0 Å². The van der Waals surface area contributed by atoms with E-state index in [1.807, 2.05) is 25.1 Å². The van der Waals surface area contributed by atoms with Crippen LogP contribution in [-0.4, -0.2) is 49.0 Å². The number of carbonyl (C=O) groups is 1. The number of carbonyl (C=O) groups excluding carboxylic acids is 1. The van der Waals surface area contributed by atoms with Crippen molar-refractivity contribution in [1.82, 2.24) is 4.90 Å². The van der Waals surface area contributed by atoms with Gasteiger partial charge in [-0.05, 0) is 24.6 Å². The summed E-state index contributed by atoms with van der Waals surface area (Å²) >= 11 is 1.56. The number of nitrogens with zero attached hydrogens (tertiary/aromatic N) is 1. The third-order valence-electron chi connectivity index (χ3n) is 3.11. The quantitative estimate of drug-likeness (QED) is 0.906. The lowest BCUT2D eigenvalue weighted by molar-refractivity contribution is 0.210. The number of anilines is 1. The maximum absolute atomic E-state index is 12.3. The number of aryl methyl sites for hydroxylation is 1. The van der Waals surface area contributed by atoms with Crippen LogP contribution in [0.5, 0.6) is 0 Å². The summed E-state index contributed by atoms with van der Waals surface area (Å²) in [4.78, 5) is 13.7. The molecule has 0 saturated carbocycles. The van der Waals surface area contributed by atoms with E-state index in [9.17, 15) is 13.2 Å². The van der Waals surface area contributed by atoms with Crippen LogP contribution in [0.3, 0.4) is 0 Å². The minimum atomic E-state index is -3.28. The van der Waals surface area contributed by atoms with Crippen molar-refractivity contribution in [3.05, 3.63) is 29.8 Å². The summed E-state index contributed by atoms with van der Waals surface area (Å²) in [6, 6.07) is 7.08. The molecule has 0 radical (unpaired) electrons. The molecule has 0 spiro atoms. The van der Waals surface area contributed by atoms with E-state index in [2.05, 4.69) is 5.32 Å². The van der Waals surface area contributed by atoms with Crippen LogP contribution in [0.4, 0.5) is 10.5 Å². The van der Waals surface area contributed by atoms with E-state index in [1.54, 1.807) is 17.8 Å². The van der Waals surface area contributed by atoms with Gasteiger partial charge in [-0.25, -0.2) is 13.2 Å². The molecule has 0 aromatic heterocycles. The largest absolute Gasteiger partial charge is 0.322 e. The molecule has 1 atom stereocenters. The number of benzene rings is 1. The fraction of sp³-hybridized carbons (Fsp3) is 0.462. The molecular weight excluding hydrogens is 296 g/mol. The Balaban J connectivity index is 2.14.